The van der Waals surface area contributed by atoms with E-state index >= 15 is 4.39 Å². The van der Waals surface area contributed by atoms with Gasteiger partial charge in [-0.2, -0.15) is 10.2 Å². The topological polar surface area (TPSA) is 158 Å². The number of amides is 1. The maximum atomic E-state index is 15.2. The number of methoxy groups -OCH3 is 1. The van der Waals surface area contributed by atoms with Gasteiger partial charge in [0, 0.05) is 37.2 Å². The van der Waals surface area contributed by atoms with Gasteiger partial charge in [-0.05, 0) is 57.2 Å². The lowest BCUT2D eigenvalue weighted by Gasteiger charge is -2.15. The lowest BCUT2D eigenvalue weighted by atomic mass is 10.2. The van der Waals surface area contributed by atoms with Crippen molar-refractivity contribution in [1.29, 1.82) is 0 Å². The summed E-state index contributed by atoms with van der Waals surface area (Å²) in [6.45, 7) is 5.60. The monoisotopic (exact) mass is 606 g/mol. The van der Waals surface area contributed by atoms with Crippen LogP contribution in [0, 0.1) is 11.6 Å². The van der Waals surface area contributed by atoms with Crippen LogP contribution in [-0.4, -0.2) is 55.2 Å². The molecule has 3 N–H and O–H groups in total. The van der Waals surface area contributed by atoms with Gasteiger partial charge in [0.05, 0.1) is 18.3 Å². The minimum Gasteiger partial charge on any atom is -0.453 e. The number of nitrogens with zero attached hydrogens (tertiary/aromatic N) is 5. The van der Waals surface area contributed by atoms with Crippen molar-refractivity contribution in [1.82, 2.24) is 29.5 Å². The average molecular weight is 607 g/mol. The van der Waals surface area contributed by atoms with E-state index < -0.39 is 40.5 Å². The van der Waals surface area contributed by atoms with Crippen LogP contribution in [0.5, 0.6) is 11.5 Å². The fourth-order valence-corrected chi connectivity index (χ4v) is 4.39. The number of H-pyrrole nitrogens is 1. The molecule has 0 radical (unpaired) electrons. The fourth-order valence-electron chi connectivity index (χ4n) is 4.39. The highest BCUT2D eigenvalue weighted by molar-refractivity contribution is 6.02. The molecule has 5 rings (SSSR count). The second-order valence-corrected chi connectivity index (χ2v) is 10.1. The van der Waals surface area contributed by atoms with E-state index in [0.29, 0.717) is 23.5 Å². The van der Waals surface area contributed by atoms with Crippen LogP contribution < -0.4 is 26.6 Å². The van der Waals surface area contributed by atoms with Gasteiger partial charge < -0.3 is 20.1 Å². The largest absolute Gasteiger partial charge is 0.453 e. The molecule has 1 atom stereocenters. The predicted molar refractivity (Wildman–Crippen MR) is 158 cm³/mol. The number of aromatic amines is 1. The Morgan fingerprint density at radius 1 is 1.05 bits per heavy atom. The first kappa shape index (κ1) is 30.0. The SMILES string of the molecule is COC[C@@H](C)Nc1n[nH]c2nccc(Oc3ccc(NC(=O)c4nn(C(C)C)c(=O)n(-c5ccc(F)cc5)c4=O)cc3F)c12. The number of pyridine rings is 1. The standard InChI is InChI=1S/C29H28F2N8O5/c1-15(2)39-29(42)38(19-8-5-17(30)6-9-19)28(41)24(37-39)27(40)34-18-7-10-21(20(31)13-18)44-22-11-12-32-25-23(22)26(36-35-25)33-16(3)14-43-4/h5-13,15-16H,14H2,1-4H3,(H,34,40)(H2,32,33,35,36)/t16-/m1/s1. The Hall–Kier alpha value is -5.44. The van der Waals surface area contributed by atoms with E-state index in [4.69, 9.17) is 9.47 Å². The van der Waals surface area contributed by atoms with E-state index in [9.17, 15) is 18.8 Å². The molecule has 1 amide bonds. The summed E-state index contributed by atoms with van der Waals surface area (Å²) in [5.74, 6) is -1.81. The summed E-state index contributed by atoms with van der Waals surface area (Å²) in [7, 11) is 1.58. The molecule has 3 aromatic heterocycles. The zero-order valence-electron chi connectivity index (χ0n) is 24.1. The summed E-state index contributed by atoms with van der Waals surface area (Å²) < 4.78 is 41.4. The quantitative estimate of drug-likeness (QED) is 0.214. The highest BCUT2D eigenvalue weighted by Crippen LogP contribution is 2.34. The molecule has 0 bridgehead atoms. The molecule has 0 aliphatic rings. The average Bonchev–Trinajstić information content (AvgIpc) is 3.38. The Bertz CT molecular complexity index is 1950. The number of carbonyl (C=O) groups excluding carboxylic acids is 1. The molecule has 2 aromatic carbocycles. The van der Waals surface area contributed by atoms with Gasteiger partial charge in [-0.25, -0.2) is 27.8 Å². The zero-order valence-corrected chi connectivity index (χ0v) is 24.1. The van der Waals surface area contributed by atoms with Crippen molar-refractivity contribution >= 4 is 28.4 Å². The first-order valence-electron chi connectivity index (χ1n) is 13.5. The van der Waals surface area contributed by atoms with Crippen molar-refractivity contribution in [3.05, 3.63) is 92.9 Å². The zero-order chi connectivity index (χ0) is 31.5. The number of nitrogens with one attached hydrogen (secondary N) is 3. The summed E-state index contributed by atoms with van der Waals surface area (Å²) in [5.41, 5.74) is -1.99. The molecule has 0 fully saturated rings. The van der Waals surface area contributed by atoms with Crippen LogP contribution in [0.1, 0.15) is 37.3 Å². The normalized spacial score (nSPS) is 12.0. The fraction of sp³-hybridized carbons (Fsp3) is 0.241. The van der Waals surface area contributed by atoms with Gasteiger partial charge in [-0.3, -0.25) is 14.7 Å². The predicted octanol–water partition coefficient (Wildman–Crippen LogP) is 4.02. The lowest BCUT2D eigenvalue weighted by Crippen LogP contribution is -2.45. The van der Waals surface area contributed by atoms with E-state index in [1.807, 2.05) is 6.92 Å². The van der Waals surface area contributed by atoms with Crippen molar-refractivity contribution in [3.8, 4) is 17.2 Å². The van der Waals surface area contributed by atoms with Gasteiger partial charge in [-0.1, -0.05) is 0 Å². The number of ether oxygens (including phenoxy) is 2. The number of carbonyl (C=O) groups is 1. The molecule has 0 spiro atoms. The molecule has 0 aliphatic carbocycles. The smallest absolute Gasteiger partial charge is 0.352 e. The number of benzene rings is 2. The Kier molecular flexibility index (Phi) is 8.48. The third-order valence-corrected chi connectivity index (χ3v) is 6.42. The van der Waals surface area contributed by atoms with Crippen molar-refractivity contribution in [2.75, 3.05) is 24.4 Å². The molecule has 0 saturated carbocycles. The minimum absolute atomic E-state index is 0.00406. The van der Waals surface area contributed by atoms with Crippen LogP contribution >= 0.6 is 0 Å². The second kappa shape index (κ2) is 12.4. The van der Waals surface area contributed by atoms with Gasteiger partial charge in [0.15, 0.2) is 23.0 Å². The maximum Gasteiger partial charge on any atom is 0.352 e. The summed E-state index contributed by atoms with van der Waals surface area (Å²) in [6, 6.07) is 9.26. The second-order valence-electron chi connectivity index (χ2n) is 10.1. The highest BCUT2D eigenvalue weighted by Gasteiger charge is 2.23. The van der Waals surface area contributed by atoms with Crippen LogP contribution in [0.15, 0.2) is 64.3 Å². The number of fused-ring (bicyclic) bond motifs is 1. The number of hydrogen-bond acceptors (Lipinski definition) is 9. The van der Waals surface area contributed by atoms with E-state index in [1.165, 1.54) is 30.5 Å². The van der Waals surface area contributed by atoms with Crippen LogP contribution in [-0.2, 0) is 4.74 Å². The highest BCUT2D eigenvalue weighted by atomic mass is 19.1. The van der Waals surface area contributed by atoms with E-state index in [-0.39, 0.29) is 28.9 Å². The Morgan fingerprint density at radius 3 is 2.48 bits per heavy atom. The Balaban J connectivity index is 1.42. The van der Waals surface area contributed by atoms with E-state index in [1.54, 1.807) is 27.0 Å². The van der Waals surface area contributed by atoms with Crippen molar-refractivity contribution < 1.29 is 23.0 Å². The van der Waals surface area contributed by atoms with Crippen LogP contribution in [0.4, 0.5) is 20.3 Å². The lowest BCUT2D eigenvalue weighted by molar-refractivity contribution is 0.101. The van der Waals surface area contributed by atoms with E-state index in [2.05, 4.69) is 30.9 Å². The summed E-state index contributed by atoms with van der Waals surface area (Å²) in [6.07, 6.45) is 1.48. The van der Waals surface area contributed by atoms with Gasteiger partial charge in [0.1, 0.15) is 17.0 Å². The molecule has 0 unspecified atom stereocenters. The van der Waals surface area contributed by atoms with Gasteiger partial charge in [0.25, 0.3) is 11.5 Å². The molecule has 0 aliphatic heterocycles. The van der Waals surface area contributed by atoms with Crippen molar-refractivity contribution in [2.24, 2.45) is 0 Å². The number of anilines is 2. The van der Waals surface area contributed by atoms with Crippen molar-refractivity contribution in [3.63, 3.8) is 0 Å². The van der Waals surface area contributed by atoms with Crippen LogP contribution in [0.3, 0.4) is 0 Å². The van der Waals surface area contributed by atoms with Gasteiger partial charge in [-0.15, -0.1) is 0 Å². The minimum atomic E-state index is -1.03. The molecule has 3 heterocycles. The molecule has 13 nitrogen and oxygen atoms in total. The van der Waals surface area contributed by atoms with Crippen LogP contribution in [0.25, 0.3) is 16.7 Å². The molecule has 5 aromatic rings. The van der Waals surface area contributed by atoms with Gasteiger partial charge >= 0.3 is 5.69 Å². The molecule has 228 valence electrons. The Labute approximate surface area is 248 Å². The third kappa shape index (κ3) is 6.03. The third-order valence-electron chi connectivity index (χ3n) is 6.42. The number of rotatable bonds is 10. The van der Waals surface area contributed by atoms with Crippen LogP contribution in [0.2, 0.25) is 0 Å². The first-order chi connectivity index (χ1) is 21.1. The molecule has 15 heteroatoms. The molecule has 44 heavy (non-hydrogen) atoms. The number of hydrogen-bond donors (Lipinski definition) is 3. The molecule has 0 saturated heterocycles. The summed E-state index contributed by atoms with van der Waals surface area (Å²) in [5, 5.41) is 17.1. The number of aromatic nitrogens is 6. The van der Waals surface area contributed by atoms with Gasteiger partial charge in [0.2, 0.25) is 5.69 Å². The molecular weight excluding hydrogens is 578 g/mol. The number of halogens is 2. The van der Waals surface area contributed by atoms with Crippen molar-refractivity contribution in [2.45, 2.75) is 32.9 Å². The Morgan fingerprint density at radius 2 is 1.80 bits per heavy atom. The molecular formula is C29H28F2N8O5. The summed E-state index contributed by atoms with van der Waals surface area (Å²) >= 11 is 0. The van der Waals surface area contributed by atoms with E-state index in [0.717, 1.165) is 27.4 Å². The first-order valence-corrected chi connectivity index (χ1v) is 13.5. The maximum absolute atomic E-state index is 15.2. The summed E-state index contributed by atoms with van der Waals surface area (Å²) in [4.78, 5) is 43.7.